The van der Waals surface area contributed by atoms with Gasteiger partial charge in [0, 0.05) is 65.0 Å². The Morgan fingerprint density at radius 1 is 0.952 bits per heavy atom. The summed E-state index contributed by atoms with van der Waals surface area (Å²) in [5.41, 5.74) is 1.73. The fourth-order valence-electron chi connectivity index (χ4n) is 7.41. The zero-order valence-electron chi connectivity index (χ0n) is 23.9. The Balaban J connectivity index is 1.74. The molecule has 5 atom stereocenters. The molecule has 5 unspecified atom stereocenters. The summed E-state index contributed by atoms with van der Waals surface area (Å²) in [4.78, 5) is 49.0. The molecular formula is C30H32N4O8. The largest absolute Gasteiger partial charge is 0.469 e. The number of methoxy groups -OCH3 is 2. The molecule has 3 aliphatic rings. The zero-order valence-corrected chi connectivity index (χ0v) is 23.9. The van der Waals surface area contributed by atoms with Gasteiger partial charge in [0.15, 0.2) is 0 Å². The Morgan fingerprint density at radius 2 is 1.55 bits per heavy atom. The second-order valence-electron chi connectivity index (χ2n) is 11.5. The molecular weight excluding hydrogens is 544 g/mol. The van der Waals surface area contributed by atoms with E-state index >= 15 is 0 Å². The van der Waals surface area contributed by atoms with Crippen LogP contribution in [0.3, 0.4) is 0 Å². The maximum absolute atomic E-state index is 13.4. The van der Waals surface area contributed by atoms with Crippen LogP contribution in [-0.4, -0.2) is 47.1 Å². The van der Waals surface area contributed by atoms with Gasteiger partial charge in [0.25, 0.3) is 11.4 Å². The van der Waals surface area contributed by atoms with Crippen LogP contribution in [0.2, 0.25) is 0 Å². The van der Waals surface area contributed by atoms with Crippen molar-refractivity contribution in [1.29, 1.82) is 0 Å². The lowest BCUT2D eigenvalue weighted by molar-refractivity contribution is -0.385. The Bertz CT molecular complexity index is 1580. The van der Waals surface area contributed by atoms with Gasteiger partial charge in [0.1, 0.15) is 0 Å². The first kappa shape index (κ1) is 28.9. The summed E-state index contributed by atoms with van der Waals surface area (Å²) in [6.45, 7) is 5.66. The minimum Gasteiger partial charge on any atom is -0.469 e. The number of fused-ring (bicyclic) bond motifs is 3. The van der Waals surface area contributed by atoms with Gasteiger partial charge in [-0.15, -0.1) is 0 Å². The maximum Gasteiger partial charge on any atom is 0.336 e. The quantitative estimate of drug-likeness (QED) is 0.287. The monoisotopic (exact) mass is 576 g/mol. The van der Waals surface area contributed by atoms with Crippen molar-refractivity contribution in [2.24, 2.45) is 5.92 Å². The number of nitro groups is 2. The molecule has 0 aromatic heterocycles. The highest BCUT2D eigenvalue weighted by molar-refractivity contribution is 5.93. The van der Waals surface area contributed by atoms with Crippen LogP contribution in [0.5, 0.6) is 0 Å². The summed E-state index contributed by atoms with van der Waals surface area (Å²) in [6.07, 6.45) is 0.656. The lowest BCUT2D eigenvalue weighted by Crippen LogP contribution is -2.71. The fraction of sp³-hybridized carbons (Fsp3) is 0.400. The van der Waals surface area contributed by atoms with E-state index in [9.17, 15) is 29.8 Å². The van der Waals surface area contributed by atoms with E-state index in [4.69, 9.17) is 9.47 Å². The molecule has 2 aromatic carbocycles. The summed E-state index contributed by atoms with van der Waals surface area (Å²) < 4.78 is 10.4. The highest BCUT2D eigenvalue weighted by Crippen LogP contribution is 2.57. The normalized spacial score (nSPS) is 28.4. The number of carbonyl (C=O) groups is 2. The van der Waals surface area contributed by atoms with Gasteiger partial charge >= 0.3 is 11.9 Å². The van der Waals surface area contributed by atoms with Crippen LogP contribution in [0.4, 0.5) is 11.4 Å². The van der Waals surface area contributed by atoms with Gasteiger partial charge in [-0.1, -0.05) is 24.3 Å². The van der Waals surface area contributed by atoms with Crippen LogP contribution in [0.1, 0.15) is 56.6 Å². The Kier molecular flexibility index (Phi) is 7.13. The van der Waals surface area contributed by atoms with E-state index in [0.29, 0.717) is 35.2 Å². The van der Waals surface area contributed by atoms with Crippen molar-refractivity contribution in [3.8, 4) is 0 Å². The van der Waals surface area contributed by atoms with Gasteiger partial charge in [-0.2, -0.15) is 0 Å². The number of hydrogen-bond acceptors (Lipinski definition) is 10. The summed E-state index contributed by atoms with van der Waals surface area (Å²) in [5, 5.41) is 30.4. The number of hydrogen-bond donors (Lipinski definition) is 2. The summed E-state index contributed by atoms with van der Waals surface area (Å²) >= 11 is 0. The van der Waals surface area contributed by atoms with Gasteiger partial charge in [0.05, 0.1) is 35.6 Å². The third-order valence-corrected chi connectivity index (χ3v) is 8.85. The van der Waals surface area contributed by atoms with E-state index < -0.39 is 50.6 Å². The Hall–Kier alpha value is -4.58. The van der Waals surface area contributed by atoms with Crippen molar-refractivity contribution in [1.82, 2.24) is 10.6 Å². The number of allylic oxidation sites excluding steroid dienone is 1. The van der Waals surface area contributed by atoms with Crippen molar-refractivity contribution in [2.75, 3.05) is 14.2 Å². The molecule has 2 N–H and O–H groups in total. The maximum atomic E-state index is 13.4. The van der Waals surface area contributed by atoms with Crippen LogP contribution in [-0.2, 0) is 19.1 Å². The molecule has 5 rings (SSSR count). The van der Waals surface area contributed by atoms with Gasteiger partial charge in [-0.3, -0.25) is 25.0 Å². The number of rotatable bonds is 6. The highest BCUT2D eigenvalue weighted by atomic mass is 16.6. The van der Waals surface area contributed by atoms with E-state index in [2.05, 4.69) is 10.6 Å². The van der Waals surface area contributed by atoms with E-state index in [-0.39, 0.29) is 11.4 Å². The van der Waals surface area contributed by atoms with Gasteiger partial charge in [0.2, 0.25) is 0 Å². The first-order valence-electron chi connectivity index (χ1n) is 13.5. The van der Waals surface area contributed by atoms with Crippen molar-refractivity contribution >= 4 is 23.3 Å². The lowest BCUT2D eigenvalue weighted by Gasteiger charge is -2.60. The summed E-state index contributed by atoms with van der Waals surface area (Å²) in [5.74, 6) is -2.89. The minimum atomic E-state index is -0.857. The molecule has 42 heavy (non-hydrogen) atoms. The molecule has 3 aliphatic heterocycles. The molecule has 2 aromatic rings. The molecule has 12 nitrogen and oxygen atoms in total. The predicted octanol–water partition coefficient (Wildman–Crippen LogP) is 4.38. The number of piperidine rings is 1. The molecule has 0 aliphatic carbocycles. The summed E-state index contributed by atoms with van der Waals surface area (Å²) in [6, 6.07) is 12.5. The van der Waals surface area contributed by atoms with Gasteiger partial charge in [-0.05, 0) is 43.9 Å². The van der Waals surface area contributed by atoms with Crippen LogP contribution in [0, 0.1) is 26.1 Å². The number of nitro benzene ring substituents is 2. The number of ether oxygens (including phenoxy) is 2. The predicted molar refractivity (Wildman–Crippen MR) is 151 cm³/mol. The smallest absolute Gasteiger partial charge is 0.336 e. The molecule has 0 spiro atoms. The average molecular weight is 577 g/mol. The number of nitrogens with zero attached hydrogens (tertiary/aromatic N) is 2. The number of carbonyl (C=O) groups excluding carboxylic acids is 2. The van der Waals surface area contributed by atoms with Crippen LogP contribution in [0.25, 0.3) is 0 Å². The second-order valence-corrected chi connectivity index (χ2v) is 11.5. The molecule has 2 bridgehead atoms. The van der Waals surface area contributed by atoms with E-state index in [1.807, 2.05) is 13.8 Å². The van der Waals surface area contributed by atoms with Crippen molar-refractivity contribution in [3.63, 3.8) is 0 Å². The fourth-order valence-corrected chi connectivity index (χ4v) is 7.41. The third kappa shape index (κ3) is 4.61. The number of nitrogens with one attached hydrogen (secondary N) is 2. The van der Waals surface area contributed by atoms with Crippen LogP contribution < -0.4 is 10.6 Å². The minimum absolute atomic E-state index is 0.0876. The van der Waals surface area contributed by atoms with Crippen LogP contribution >= 0.6 is 0 Å². The lowest BCUT2D eigenvalue weighted by atomic mass is 9.56. The van der Waals surface area contributed by atoms with Gasteiger partial charge in [-0.25, -0.2) is 4.79 Å². The first-order valence-corrected chi connectivity index (χ1v) is 13.5. The molecule has 3 heterocycles. The van der Waals surface area contributed by atoms with E-state index in [1.165, 1.54) is 38.5 Å². The zero-order chi connectivity index (χ0) is 30.6. The molecule has 1 fully saturated rings. The van der Waals surface area contributed by atoms with Crippen LogP contribution in [0.15, 0.2) is 71.1 Å². The molecule has 0 saturated carbocycles. The SMILES string of the molecule is COC(=O)C1=C(C)NC2=C(C1c1cccc([N+](=O)[O-])c1)C1(C)CC(c3cccc([N+](=O)[O-])c3)C(C(=O)OC)C(C)(C2)N1. The molecule has 220 valence electrons. The molecule has 0 radical (unpaired) electrons. The van der Waals surface area contributed by atoms with E-state index in [1.54, 1.807) is 31.2 Å². The summed E-state index contributed by atoms with van der Waals surface area (Å²) in [7, 11) is 2.61. The Morgan fingerprint density at radius 3 is 2.12 bits per heavy atom. The Labute approximate surface area is 242 Å². The third-order valence-electron chi connectivity index (χ3n) is 8.85. The van der Waals surface area contributed by atoms with E-state index in [0.717, 1.165) is 11.3 Å². The molecule has 12 heteroatoms. The number of dihydropyridines is 1. The van der Waals surface area contributed by atoms with Gasteiger partial charge < -0.3 is 20.1 Å². The topological polar surface area (TPSA) is 163 Å². The van der Waals surface area contributed by atoms with Crippen molar-refractivity contribution in [2.45, 2.75) is 56.5 Å². The number of benzene rings is 2. The molecule has 0 amide bonds. The van der Waals surface area contributed by atoms with Crippen molar-refractivity contribution < 1.29 is 28.9 Å². The first-order chi connectivity index (χ1) is 19.8. The standard InChI is InChI=1S/C30H32N4O8/c1-16-23(27(35)41-4)24(18-9-7-11-20(13-18)34(39)40)26-22(31-16)15-30(3)25(28(36)42-5)21(14-29(26,2)32-30)17-8-6-10-19(12-17)33(37)38/h6-13,21,24-25,31-32H,14-15H2,1-5H3. The number of esters is 2. The average Bonchev–Trinajstić information content (AvgIpc) is 2.95. The highest BCUT2D eigenvalue weighted by Gasteiger charge is 2.60. The molecule has 1 saturated heterocycles. The van der Waals surface area contributed by atoms with Crippen molar-refractivity contribution in [3.05, 3.63) is 102 Å². The second kappa shape index (κ2) is 10.4. The number of non-ortho nitro benzene ring substituents is 2.